The van der Waals surface area contributed by atoms with Crippen LogP contribution in [0.2, 0.25) is 0 Å². The molecule has 3 aromatic rings. The molecule has 0 heterocycles. The van der Waals surface area contributed by atoms with Crippen molar-refractivity contribution in [3.63, 3.8) is 0 Å². The minimum absolute atomic E-state index is 0.148. The van der Waals surface area contributed by atoms with Gasteiger partial charge < -0.3 is 18.9 Å². The summed E-state index contributed by atoms with van der Waals surface area (Å²) in [5.74, 6) is 0.987. The van der Waals surface area contributed by atoms with Crippen molar-refractivity contribution in [3.8, 4) is 11.5 Å². The van der Waals surface area contributed by atoms with Crippen LogP contribution in [-0.4, -0.2) is 38.4 Å². The molecular weight excluding hydrogens is 552 g/mol. The van der Waals surface area contributed by atoms with E-state index in [1.165, 1.54) is 22.3 Å². The molecule has 0 radical (unpaired) electrons. The molecule has 5 rings (SSSR count). The maximum absolute atomic E-state index is 11.7. The highest BCUT2D eigenvalue weighted by Gasteiger charge is 2.47. The van der Waals surface area contributed by atoms with E-state index < -0.39 is 17.4 Å². The van der Waals surface area contributed by atoms with E-state index in [1.807, 2.05) is 24.3 Å². The van der Waals surface area contributed by atoms with Gasteiger partial charge in [0.2, 0.25) is 0 Å². The summed E-state index contributed by atoms with van der Waals surface area (Å²) in [5, 5.41) is 0. The van der Waals surface area contributed by atoms with Crippen LogP contribution in [0.25, 0.3) is 5.57 Å². The van der Waals surface area contributed by atoms with E-state index in [0.29, 0.717) is 28.6 Å². The van der Waals surface area contributed by atoms with Crippen LogP contribution in [0.5, 0.6) is 11.5 Å². The zero-order valence-corrected chi connectivity index (χ0v) is 25.6. The second-order valence-corrected chi connectivity index (χ2v) is 11.3. The van der Waals surface area contributed by atoms with Crippen molar-refractivity contribution in [2.45, 2.75) is 32.6 Å². The smallest absolute Gasteiger partial charge is 0.333 e. The number of benzene rings is 3. The number of allylic oxidation sites excluding steroid dienone is 4. The van der Waals surface area contributed by atoms with E-state index >= 15 is 0 Å². The summed E-state index contributed by atoms with van der Waals surface area (Å²) >= 11 is 0. The van der Waals surface area contributed by atoms with Crippen molar-refractivity contribution >= 4 is 17.5 Å². The van der Waals surface area contributed by atoms with E-state index in [2.05, 4.69) is 80.8 Å². The highest BCUT2D eigenvalue weighted by molar-refractivity contribution is 5.89. The Balaban J connectivity index is 1.45. The van der Waals surface area contributed by atoms with Gasteiger partial charge in [0.1, 0.15) is 37.9 Å². The predicted octanol–water partition coefficient (Wildman–Crippen LogP) is 7.38. The first-order valence-corrected chi connectivity index (χ1v) is 14.9. The first kappa shape index (κ1) is 30.6. The molecule has 44 heavy (non-hydrogen) atoms. The third-order valence-corrected chi connectivity index (χ3v) is 7.94. The second kappa shape index (κ2) is 13.2. The van der Waals surface area contributed by atoms with Crippen molar-refractivity contribution in [1.29, 1.82) is 0 Å². The lowest BCUT2D eigenvalue weighted by Gasteiger charge is -2.36. The number of hydrogen-bond acceptors (Lipinski definition) is 6. The molecule has 0 saturated heterocycles. The highest BCUT2D eigenvalue weighted by Crippen LogP contribution is 2.57. The number of hydrogen-bond donors (Lipinski definition) is 0. The molecule has 0 amide bonds. The third kappa shape index (κ3) is 6.11. The standard InChI is InChI=1S/C38H38O6/c1-25(2)36(39)43-22-20-41-30-15-11-28(12-16-30)38(29-13-17-31(18-14-29)42-21-23-44-37(40)26(3)4)34-9-7-6-8-32(34)33-24-27(5)10-19-35(33)38/h6-19,27H,1,3,20-24H2,2,4-5H3. The molecule has 0 saturated carbocycles. The third-order valence-electron chi connectivity index (χ3n) is 7.94. The van der Waals surface area contributed by atoms with Gasteiger partial charge in [0.05, 0.1) is 5.41 Å². The molecule has 3 aromatic carbocycles. The SMILES string of the molecule is C=C(C)C(=O)OCCOc1ccc(C2(c3ccc(OCCOC(=O)C(=C)C)cc3)C3=C(CC(C)C=C3)c3ccccc32)cc1. The Kier molecular flexibility index (Phi) is 9.19. The lowest BCUT2D eigenvalue weighted by atomic mass is 9.66. The Morgan fingerprint density at radius 3 is 1.75 bits per heavy atom. The van der Waals surface area contributed by atoms with Crippen LogP contribution in [0.3, 0.4) is 0 Å². The summed E-state index contributed by atoms with van der Waals surface area (Å²) in [6.45, 7) is 13.5. The Hall–Kier alpha value is -4.84. The highest BCUT2D eigenvalue weighted by atomic mass is 16.6. The largest absolute Gasteiger partial charge is 0.490 e. The van der Waals surface area contributed by atoms with E-state index in [1.54, 1.807) is 13.8 Å². The van der Waals surface area contributed by atoms with Gasteiger partial charge >= 0.3 is 11.9 Å². The first-order chi connectivity index (χ1) is 21.2. The Bertz CT molecular complexity index is 1550. The Morgan fingerprint density at radius 2 is 1.25 bits per heavy atom. The molecule has 226 valence electrons. The van der Waals surface area contributed by atoms with Crippen LogP contribution in [0, 0.1) is 5.92 Å². The summed E-state index contributed by atoms with van der Waals surface area (Å²) in [6.07, 6.45) is 5.57. The number of carbonyl (C=O) groups excluding carboxylic acids is 2. The van der Waals surface area contributed by atoms with Crippen molar-refractivity contribution in [3.05, 3.63) is 137 Å². The molecular formula is C38H38O6. The molecule has 0 aromatic heterocycles. The average Bonchev–Trinajstić information content (AvgIpc) is 3.32. The van der Waals surface area contributed by atoms with Crippen LogP contribution in [0.4, 0.5) is 0 Å². The first-order valence-electron chi connectivity index (χ1n) is 14.9. The number of fused-ring (bicyclic) bond motifs is 2. The van der Waals surface area contributed by atoms with Crippen LogP contribution >= 0.6 is 0 Å². The summed E-state index contributed by atoms with van der Waals surface area (Å²) < 4.78 is 22.1. The lowest BCUT2D eigenvalue weighted by Crippen LogP contribution is -2.29. The summed E-state index contributed by atoms with van der Waals surface area (Å²) in [7, 11) is 0. The molecule has 6 nitrogen and oxygen atoms in total. The number of carbonyl (C=O) groups is 2. The van der Waals surface area contributed by atoms with Crippen molar-refractivity contribution in [2.75, 3.05) is 26.4 Å². The zero-order valence-electron chi connectivity index (χ0n) is 25.6. The zero-order chi connectivity index (χ0) is 31.3. The van der Waals surface area contributed by atoms with Crippen LogP contribution in [0.1, 0.15) is 49.4 Å². The molecule has 0 aliphatic heterocycles. The van der Waals surface area contributed by atoms with Gasteiger partial charge in [-0.2, -0.15) is 0 Å². The summed E-state index contributed by atoms with van der Waals surface area (Å²) in [5.41, 5.74) is 7.59. The van der Waals surface area contributed by atoms with Crippen molar-refractivity contribution < 1.29 is 28.5 Å². The number of ether oxygens (including phenoxy) is 4. The van der Waals surface area contributed by atoms with Gasteiger partial charge in [-0.05, 0) is 83.9 Å². The molecule has 1 unspecified atom stereocenters. The average molecular weight is 591 g/mol. The number of esters is 2. The maximum atomic E-state index is 11.7. The Morgan fingerprint density at radius 1 is 0.750 bits per heavy atom. The fourth-order valence-electron chi connectivity index (χ4n) is 5.91. The molecule has 0 fully saturated rings. The molecule has 1 atom stereocenters. The van der Waals surface area contributed by atoms with E-state index in [0.717, 1.165) is 17.5 Å². The summed E-state index contributed by atoms with van der Waals surface area (Å²) in [6, 6.07) is 25.0. The number of rotatable bonds is 12. The van der Waals surface area contributed by atoms with Crippen LogP contribution in [-0.2, 0) is 24.5 Å². The minimum Gasteiger partial charge on any atom is -0.490 e. The van der Waals surface area contributed by atoms with Crippen molar-refractivity contribution in [1.82, 2.24) is 0 Å². The maximum Gasteiger partial charge on any atom is 0.333 e. The van der Waals surface area contributed by atoms with E-state index in [9.17, 15) is 9.59 Å². The van der Waals surface area contributed by atoms with Crippen LogP contribution in [0.15, 0.2) is 115 Å². The van der Waals surface area contributed by atoms with E-state index in [4.69, 9.17) is 18.9 Å². The van der Waals surface area contributed by atoms with Gasteiger partial charge in [0, 0.05) is 11.1 Å². The summed E-state index contributed by atoms with van der Waals surface area (Å²) in [4.78, 5) is 23.3. The lowest BCUT2D eigenvalue weighted by molar-refractivity contribution is -0.140. The minimum atomic E-state index is -0.534. The van der Waals surface area contributed by atoms with Gasteiger partial charge in [-0.15, -0.1) is 0 Å². The molecule has 6 heteroatoms. The van der Waals surface area contributed by atoms with Gasteiger partial charge in [-0.1, -0.05) is 80.8 Å². The quantitative estimate of drug-likeness (QED) is 0.125. The molecule has 2 aliphatic carbocycles. The fraction of sp³-hybridized carbons (Fsp3) is 0.263. The van der Waals surface area contributed by atoms with Gasteiger partial charge in [-0.3, -0.25) is 0 Å². The topological polar surface area (TPSA) is 71.1 Å². The monoisotopic (exact) mass is 590 g/mol. The molecule has 0 bridgehead atoms. The van der Waals surface area contributed by atoms with Crippen LogP contribution < -0.4 is 9.47 Å². The molecule has 0 spiro atoms. The fourth-order valence-corrected chi connectivity index (χ4v) is 5.91. The predicted molar refractivity (Wildman–Crippen MR) is 172 cm³/mol. The van der Waals surface area contributed by atoms with Gasteiger partial charge in [0.25, 0.3) is 0 Å². The second-order valence-electron chi connectivity index (χ2n) is 11.3. The van der Waals surface area contributed by atoms with Crippen molar-refractivity contribution in [2.24, 2.45) is 5.92 Å². The molecule has 0 N–H and O–H groups in total. The van der Waals surface area contributed by atoms with Gasteiger partial charge in [-0.25, -0.2) is 9.59 Å². The van der Waals surface area contributed by atoms with Gasteiger partial charge in [0.15, 0.2) is 0 Å². The van der Waals surface area contributed by atoms with E-state index in [-0.39, 0.29) is 26.4 Å². The Labute approximate surface area is 259 Å². The normalized spacial score (nSPS) is 16.0. The molecule has 2 aliphatic rings.